The molecule has 3 nitrogen and oxygen atoms in total. The molecule has 0 spiro atoms. The zero-order valence-electron chi connectivity index (χ0n) is 9.69. The Balaban J connectivity index is 2.18. The lowest BCUT2D eigenvalue weighted by atomic mass is 10.2. The van der Waals surface area contributed by atoms with Crippen molar-refractivity contribution in [3.8, 4) is 0 Å². The molecule has 0 aliphatic rings. The van der Waals surface area contributed by atoms with Gasteiger partial charge >= 0.3 is 0 Å². The highest BCUT2D eigenvalue weighted by atomic mass is 35.5. The third kappa shape index (κ3) is 3.08. The summed E-state index contributed by atoms with van der Waals surface area (Å²) >= 11 is 5.84. The highest BCUT2D eigenvalue weighted by molar-refractivity contribution is 6.18. The molecule has 0 aliphatic heterocycles. The Labute approximate surface area is 106 Å². The van der Waals surface area contributed by atoms with Gasteiger partial charge in [-0.1, -0.05) is 18.2 Å². The van der Waals surface area contributed by atoms with Gasteiger partial charge in [0.15, 0.2) is 0 Å². The van der Waals surface area contributed by atoms with E-state index in [1.807, 2.05) is 36.4 Å². The number of hydrogen-bond donors (Lipinski definition) is 1. The molecule has 1 atom stereocenters. The van der Waals surface area contributed by atoms with Crippen LogP contribution in [-0.4, -0.2) is 30.6 Å². The van der Waals surface area contributed by atoms with Gasteiger partial charge in [0, 0.05) is 18.4 Å². The molecule has 1 heterocycles. The number of halogens is 1. The second-order valence-corrected chi connectivity index (χ2v) is 4.15. The van der Waals surface area contributed by atoms with Crippen molar-refractivity contribution in [3.05, 3.63) is 36.4 Å². The summed E-state index contributed by atoms with van der Waals surface area (Å²) in [6, 6.07) is 12.1. The van der Waals surface area contributed by atoms with E-state index < -0.39 is 0 Å². The standard InChI is InChI=1S/C13H15ClN2O/c1-17-9-11(8-14)15-13-7-6-10-4-2-3-5-12(10)16-13/h2-7,11H,8-9H2,1H3,(H,15,16). The van der Waals surface area contributed by atoms with Gasteiger partial charge in [-0.2, -0.15) is 0 Å². The van der Waals surface area contributed by atoms with Crippen molar-refractivity contribution in [3.63, 3.8) is 0 Å². The van der Waals surface area contributed by atoms with Crippen molar-refractivity contribution < 1.29 is 4.74 Å². The van der Waals surface area contributed by atoms with Gasteiger partial charge in [-0.25, -0.2) is 4.98 Å². The number of ether oxygens (including phenoxy) is 1. The summed E-state index contributed by atoms with van der Waals surface area (Å²) in [4.78, 5) is 4.52. The Morgan fingerprint density at radius 1 is 1.29 bits per heavy atom. The van der Waals surface area contributed by atoms with Gasteiger partial charge in [-0.15, -0.1) is 11.6 Å². The van der Waals surface area contributed by atoms with Gasteiger partial charge in [0.05, 0.1) is 18.2 Å². The smallest absolute Gasteiger partial charge is 0.126 e. The molecule has 0 saturated carbocycles. The molecular formula is C13H15ClN2O. The first-order chi connectivity index (χ1) is 8.33. The Bertz CT molecular complexity index is 490. The van der Waals surface area contributed by atoms with Crippen LogP contribution in [-0.2, 0) is 4.74 Å². The first-order valence-corrected chi connectivity index (χ1v) is 6.04. The summed E-state index contributed by atoms with van der Waals surface area (Å²) in [6.45, 7) is 0.567. The maximum Gasteiger partial charge on any atom is 0.126 e. The summed E-state index contributed by atoms with van der Waals surface area (Å²) in [7, 11) is 1.66. The molecule has 2 rings (SSSR count). The van der Waals surface area contributed by atoms with Crippen LogP contribution >= 0.6 is 11.6 Å². The van der Waals surface area contributed by atoms with E-state index >= 15 is 0 Å². The van der Waals surface area contributed by atoms with E-state index in [0.717, 1.165) is 16.7 Å². The monoisotopic (exact) mass is 250 g/mol. The number of nitrogens with one attached hydrogen (secondary N) is 1. The minimum absolute atomic E-state index is 0.0790. The third-order valence-electron chi connectivity index (χ3n) is 2.50. The molecule has 0 bridgehead atoms. The van der Waals surface area contributed by atoms with Gasteiger partial charge in [0.2, 0.25) is 0 Å². The van der Waals surface area contributed by atoms with Crippen LogP contribution in [0, 0.1) is 0 Å². The second-order valence-electron chi connectivity index (χ2n) is 3.84. The Morgan fingerprint density at radius 3 is 2.88 bits per heavy atom. The van der Waals surface area contributed by atoms with Crippen LogP contribution in [0.15, 0.2) is 36.4 Å². The zero-order valence-corrected chi connectivity index (χ0v) is 10.4. The van der Waals surface area contributed by atoms with Gasteiger partial charge < -0.3 is 10.1 Å². The number of aromatic nitrogens is 1. The van der Waals surface area contributed by atoms with Gasteiger partial charge in [-0.05, 0) is 18.2 Å². The van der Waals surface area contributed by atoms with E-state index in [2.05, 4.69) is 10.3 Å². The van der Waals surface area contributed by atoms with Gasteiger partial charge in [0.1, 0.15) is 5.82 Å². The lowest BCUT2D eigenvalue weighted by molar-refractivity contribution is 0.191. The number of methoxy groups -OCH3 is 1. The molecule has 1 aromatic carbocycles. The molecule has 90 valence electrons. The van der Waals surface area contributed by atoms with Crippen molar-refractivity contribution in [1.82, 2.24) is 4.98 Å². The van der Waals surface area contributed by atoms with Crippen molar-refractivity contribution in [2.75, 3.05) is 24.9 Å². The van der Waals surface area contributed by atoms with Gasteiger partial charge in [0.25, 0.3) is 0 Å². The minimum Gasteiger partial charge on any atom is -0.383 e. The summed E-state index contributed by atoms with van der Waals surface area (Å²) in [5.74, 6) is 1.31. The van der Waals surface area contributed by atoms with Crippen molar-refractivity contribution in [2.24, 2.45) is 0 Å². The van der Waals surface area contributed by atoms with Crippen LogP contribution < -0.4 is 5.32 Å². The number of hydrogen-bond acceptors (Lipinski definition) is 3. The maximum atomic E-state index is 5.84. The SMILES string of the molecule is COCC(CCl)Nc1ccc2ccccc2n1. The van der Waals surface area contributed by atoms with Crippen molar-refractivity contribution in [2.45, 2.75) is 6.04 Å². The number of nitrogens with zero attached hydrogens (tertiary/aromatic N) is 1. The summed E-state index contributed by atoms with van der Waals surface area (Å²) in [5, 5.41) is 4.39. The molecule has 4 heteroatoms. The molecule has 0 radical (unpaired) electrons. The quantitative estimate of drug-likeness (QED) is 0.829. The number of benzene rings is 1. The molecule has 0 aliphatic carbocycles. The van der Waals surface area contributed by atoms with Crippen LogP contribution in [0.2, 0.25) is 0 Å². The van der Waals surface area contributed by atoms with Crippen LogP contribution in [0.4, 0.5) is 5.82 Å². The first-order valence-electron chi connectivity index (χ1n) is 5.50. The van der Waals surface area contributed by atoms with E-state index in [1.54, 1.807) is 7.11 Å². The maximum absolute atomic E-state index is 5.84. The first kappa shape index (κ1) is 12.1. The summed E-state index contributed by atoms with van der Waals surface area (Å²) < 4.78 is 5.08. The fourth-order valence-corrected chi connectivity index (χ4v) is 1.85. The van der Waals surface area contributed by atoms with Crippen LogP contribution in [0.3, 0.4) is 0 Å². The van der Waals surface area contributed by atoms with E-state index in [4.69, 9.17) is 16.3 Å². The van der Waals surface area contributed by atoms with E-state index in [9.17, 15) is 0 Å². The Morgan fingerprint density at radius 2 is 2.12 bits per heavy atom. The van der Waals surface area contributed by atoms with E-state index in [1.165, 1.54) is 0 Å². The summed E-state index contributed by atoms with van der Waals surface area (Å²) in [5.41, 5.74) is 0.975. The molecule has 1 aromatic heterocycles. The largest absolute Gasteiger partial charge is 0.383 e. The molecule has 1 N–H and O–H groups in total. The van der Waals surface area contributed by atoms with E-state index in [-0.39, 0.29) is 6.04 Å². The number of pyridine rings is 1. The van der Waals surface area contributed by atoms with Gasteiger partial charge in [-0.3, -0.25) is 0 Å². The lowest BCUT2D eigenvalue weighted by Crippen LogP contribution is -2.27. The molecule has 2 aromatic rings. The van der Waals surface area contributed by atoms with Crippen molar-refractivity contribution in [1.29, 1.82) is 0 Å². The topological polar surface area (TPSA) is 34.1 Å². The molecule has 1 unspecified atom stereocenters. The lowest BCUT2D eigenvalue weighted by Gasteiger charge is -2.15. The third-order valence-corrected chi connectivity index (χ3v) is 2.88. The normalized spacial score (nSPS) is 12.6. The zero-order chi connectivity index (χ0) is 12.1. The number of para-hydroxylation sites is 1. The van der Waals surface area contributed by atoms with Crippen molar-refractivity contribution >= 4 is 28.3 Å². The predicted molar refractivity (Wildman–Crippen MR) is 71.7 cm³/mol. The fraction of sp³-hybridized carbons (Fsp3) is 0.308. The van der Waals surface area contributed by atoms with Crippen LogP contribution in [0.5, 0.6) is 0 Å². The highest BCUT2D eigenvalue weighted by Gasteiger charge is 2.07. The minimum atomic E-state index is 0.0790. The van der Waals surface area contributed by atoms with Crippen LogP contribution in [0.1, 0.15) is 0 Å². The molecule has 0 amide bonds. The molecular weight excluding hydrogens is 236 g/mol. The number of alkyl halides is 1. The van der Waals surface area contributed by atoms with Crippen LogP contribution in [0.25, 0.3) is 10.9 Å². The average Bonchev–Trinajstić information content (AvgIpc) is 2.38. The molecule has 0 fully saturated rings. The fourth-order valence-electron chi connectivity index (χ4n) is 1.68. The number of anilines is 1. The Kier molecular flexibility index (Phi) is 4.18. The predicted octanol–water partition coefficient (Wildman–Crippen LogP) is 2.90. The number of fused-ring (bicyclic) bond motifs is 1. The molecule has 0 saturated heterocycles. The number of rotatable bonds is 5. The second kappa shape index (κ2) is 5.84. The summed E-state index contributed by atoms with van der Waals surface area (Å²) in [6.07, 6.45) is 0. The van der Waals surface area contributed by atoms with E-state index in [0.29, 0.717) is 12.5 Å². The Hall–Kier alpha value is -1.32. The average molecular weight is 251 g/mol. The molecule has 17 heavy (non-hydrogen) atoms. The highest BCUT2D eigenvalue weighted by Crippen LogP contribution is 2.15.